The number of likely N-dealkylation sites (tertiary alicyclic amines) is 2. The Hall–Kier alpha value is -4.34. The number of imidazole rings is 1. The summed E-state index contributed by atoms with van der Waals surface area (Å²) in [6.45, 7) is 3.59. The maximum Gasteiger partial charge on any atom is 0.254 e. The average Bonchev–Trinajstić information content (AvgIpc) is 3.44. The number of hydrogen-bond donors (Lipinski definition) is 1. The van der Waals surface area contributed by atoms with Crippen LogP contribution in [0.2, 0.25) is 5.02 Å². The van der Waals surface area contributed by atoms with E-state index < -0.39 is 0 Å². The number of carbonyl (C=O) groups is 2. The number of nitrogens with two attached hydrogens (primary N) is 1. The van der Waals surface area contributed by atoms with Crippen molar-refractivity contribution >= 4 is 45.4 Å². The van der Waals surface area contributed by atoms with Gasteiger partial charge in [0.2, 0.25) is 0 Å². The molecule has 2 aromatic heterocycles. The van der Waals surface area contributed by atoms with Gasteiger partial charge in [-0.05, 0) is 86.1 Å². The number of halogens is 1. The van der Waals surface area contributed by atoms with Gasteiger partial charge in [0.15, 0.2) is 5.82 Å². The molecule has 3 aromatic carbocycles. The van der Waals surface area contributed by atoms with E-state index in [4.69, 9.17) is 27.1 Å². The molecule has 2 N–H and O–H groups in total. The number of carbonyl (C=O) groups excluding carboxylic acids is 2. The number of methoxy groups -OCH3 is 1. The number of aromatic nitrogens is 3. The maximum absolute atomic E-state index is 14.0. The minimum Gasteiger partial charge on any atom is -0.494 e. The third-order valence-electron chi connectivity index (χ3n) is 11.1. The van der Waals surface area contributed by atoms with Gasteiger partial charge in [-0.25, -0.2) is 4.98 Å². The summed E-state index contributed by atoms with van der Waals surface area (Å²) in [5.41, 5.74) is 11.6. The number of para-hydroxylation sites is 1. The number of piperidine rings is 1. The molecule has 2 saturated carbocycles. The lowest BCUT2D eigenvalue weighted by molar-refractivity contribution is 0.0471. The van der Waals surface area contributed by atoms with Crippen LogP contribution in [0.1, 0.15) is 46.4 Å². The van der Waals surface area contributed by atoms with E-state index in [9.17, 15) is 9.59 Å². The molecule has 4 fully saturated rings. The minimum atomic E-state index is -0.00727. The third-order valence-corrected chi connectivity index (χ3v) is 11.4. The van der Waals surface area contributed by atoms with Crippen molar-refractivity contribution in [3.05, 3.63) is 82.9 Å². The molecule has 2 saturated heterocycles. The molecule has 9 rings (SSSR count). The SMILES string of the molecule is COc1cc(C(=O)N2CC3CCC2[C@@H]3N)cc2nc(-c3cc4ccccc4n3CC3CC3)n(CC3CN(C(=O)c4ccc(Cl)cc4)C3)c12. The Morgan fingerprint density at radius 1 is 0.875 bits per heavy atom. The lowest BCUT2D eigenvalue weighted by atomic mass is 9.98. The highest BCUT2D eigenvalue weighted by Gasteiger charge is 2.47. The van der Waals surface area contributed by atoms with Crippen LogP contribution in [0.4, 0.5) is 0 Å². The summed E-state index contributed by atoms with van der Waals surface area (Å²) in [4.78, 5) is 36.3. The van der Waals surface area contributed by atoms with Crippen LogP contribution in [0.25, 0.3) is 33.5 Å². The van der Waals surface area contributed by atoms with E-state index in [1.54, 1.807) is 31.4 Å². The van der Waals surface area contributed by atoms with Crippen molar-refractivity contribution in [3.63, 3.8) is 0 Å². The zero-order valence-electron chi connectivity index (χ0n) is 27.0. The molecule has 4 heterocycles. The van der Waals surface area contributed by atoms with Crippen LogP contribution in [0.5, 0.6) is 5.75 Å². The molecule has 2 amide bonds. The fraction of sp³-hybridized carbons (Fsp3) is 0.395. The molecular weight excluding hydrogens is 624 g/mol. The topological polar surface area (TPSA) is 98.6 Å². The van der Waals surface area contributed by atoms with Crippen LogP contribution in [0.15, 0.2) is 66.7 Å². The van der Waals surface area contributed by atoms with Crippen molar-refractivity contribution < 1.29 is 14.3 Å². The number of hydrogen-bond acceptors (Lipinski definition) is 5. The number of amides is 2. The summed E-state index contributed by atoms with van der Waals surface area (Å²) in [6.07, 6.45) is 4.52. The van der Waals surface area contributed by atoms with Crippen molar-refractivity contribution in [2.75, 3.05) is 26.7 Å². The summed E-state index contributed by atoms with van der Waals surface area (Å²) in [6, 6.07) is 21.8. The molecule has 4 aliphatic rings. The van der Waals surface area contributed by atoms with Crippen LogP contribution in [-0.4, -0.2) is 74.6 Å². The molecular formula is C38H39ClN6O3. The molecule has 2 aliphatic carbocycles. The van der Waals surface area contributed by atoms with Gasteiger partial charge in [0.1, 0.15) is 11.3 Å². The monoisotopic (exact) mass is 662 g/mol. The van der Waals surface area contributed by atoms with Crippen molar-refractivity contribution in [2.24, 2.45) is 23.5 Å². The predicted octanol–water partition coefficient (Wildman–Crippen LogP) is 6.06. The van der Waals surface area contributed by atoms with Gasteiger partial charge >= 0.3 is 0 Å². The number of ether oxygens (including phenoxy) is 1. The fourth-order valence-electron chi connectivity index (χ4n) is 8.37. The highest BCUT2D eigenvalue weighted by molar-refractivity contribution is 6.30. The molecule has 2 aliphatic heterocycles. The van der Waals surface area contributed by atoms with Gasteiger partial charge in [-0.15, -0.1) is 0 Å². The lowest BCUT2D eigenvalue weighted by Gasteiger charge is -2.40. The average molecular weight is 663 g/mol. The van der Waals surface area contributed by atoms with Crippen molar-refractivity contribution in [1.29, 1.82) is 0 Å². The molecule has 246 valence electrons. The first kappa shape index (κ1) is 29.8. The second-order valence-corrected chi connectivity index (χ2v) is 14.7. The van der Waals surface area contributed by atoms with Crippen LogP contribution in [-0.2, 0) is 13.1 Å². The van der Waals surface area contributed by atoms with E-state index >= 15 is 0 Å². The summed E-state index contributed by atoms with van der Waals surface area (Å²) in [5.74, 6) is 2.75. The Kier molecular flexibility index (Phi) is 7.06. The van der Waals surface area contributed by atoms with Gasteiger partial charge in [-0.2, -0.15) is 0 Å². The first-order chi connectivity index (χ1) is 23.4. The normalized spacial score (nSPS) is 22.2. The molecule has 5 aromatic rings. The van der Waals surface area contributed by atoms with Crippen molar-refractivity contribution in [1.82, 2.24) is 23.9 Å². The number of fused-ring (bicyclic) bond motifs is 4. The van der Waals surface area contributed by atoms with Gasteiger partial charge < -0.3 is 29.4 Å². The molecule has 3 atom stereocenters. The third kappa shape index (κ3) is 4.89. The highest BCUT2D eigenvalue weighted by Crippen LogP contribution is 2.41. The molecule has 9 nitrogen and oxygen atoms in total. The Bertz CT molecular complexity index is 2080. The summed E-state index contributed by atoms with van der Waals surface area (Å²) in [7, 11) is 1.66. The van der Waals surface area contributed by atoms with Crippen LogP contribution in [0.3, 0.4) is 0 Å². The van der Waals surface area contributed by atoms with Crippen LogP contribution >= 0.6 is 11.6 Å². The quantitative estimate of drug-likeness (QED) is 0.218. The van der Waals surface area contributed by atoms with Gasteiger partial charge in [0.05, 0.1) is 18.3 Å². The lowest BCUT2D eigenvalue weighted by Crippen LogP contribution is -2.51. The Balaban J connectivity index is 1.11. The Morgan fingerprint density at radius 3 is 2.35 bits per heavy atom. The van der Waals surface area contributed by atoms with E-state index in [1.807, 2.05) is 21.9 Å². The smallest absolute Gasteiger partial charge is 0.254 e. The van der Waals surface area contributed by atoms with E-state index in [0.717, 1.165) is 41.9 Å². The summed E-state index contributed by atoms with van der Waals surface area (Å²) in [5, 5.41) is 1.79. The molecule has 48 heavy (non-hydrogen) atoms. The minimum absolute atomic E-state index is 0.00727. The molecule has 10 heteroatoms. The molecule has 2 unspecified atom stereocenters. The fourth-order valence-corrected chi connectivity index (χ4v) is 8.49. The number of nitrogens with zero attached hydrogens (tertiary/aromatic N) is 5. The number of benzene rings is 3. The van der Waals surface area contributed by atoms with Gasteiger partial charge in [-0.3, -0.25) is 9.59 Å². The van der Waals surface area contributed by atoms with Crippen LogP contribution in [0, 0.1) is 17.8 Å². The maximum atomic E-state index is 14.0. The Morgan fingerprint density at radius 2 is 1.65 bits per heavy atom. The van der Waals surface area contributed by atoms with Crippen molar-refractivity contribution in [2.45, 2.75) is 50.9 Å². The van der Waals surface area contributed by atoms with Gasteiger partial charge in [-0.1, -0.05) is 29.8 Å². The van der Waals surface area contributed by atoms with E-state index in [0.29, 0.717) is 59.9 Å². The molecule has 0 radical (unpaired) electrons. The van der Waals surface area contributed by atoms with E-state index in [1.165, 1.54) is 23.7 Å². The summed E-state index contributed by atoms with van der Waals surface area (Å²) >= 11 is 6.06. The first-order valence-corrected chi connectivity index (χ1v) is 17.5. The second kappa shape index (κ2) is 11.4. The zero-order chi connectivity index (χ0) is 32.7. The largest absolute Gasteiger partial charge is 0.494 e. The number of rotatable bonds is 8. The van der Waals surface area contributed by atoms with Gasteiger partial charge in [0.25, 0.3) is 11.8 Å². The zero-order valence-corrected chi connectivity index (χ0v) is 27.8. The van der Waals surface area contributed by atoms with E-state index in [-0.39, 0.29) is 29.8 Å². The summed E-state index contributed by atoms with van der Waals surface area (Å²) < 4.78 is 10.7. The van der Waals surface area contributed by atoms with Crippen LogP contribution < -0.4 is 10.5 Å². The molecule has 2 bridgehead atoms. The van der Waals surface area contributed by atoms with E-state index in [2.05, 4.69) is 39.5 Å². The highest BCUT2D eigenvalue weighted by atomic mass is 35.5. The standard InChI is InChI=1S/C38H39ClN6O3/c1-48-33-16-27(38(47)44-21-26-10-13-31(44)34(26)40)14-29-35(33)45(20-23-17-42(18-23)37(46)24-8-11-28(39)12-9-24)36(41-29)32-15-25-4-2-3-5-30(25)43(32)19-22-6-7-22/h2-5,8-9,11-12,14-16,22-23,26,31,34H,6-7,10,13,17-21,40H2,1H3/t26?,31?,34-/m1/s1. The van der Waals surface area contributed by atoms with Gasteiger partial charge in [0, 0.05) is 77.8 Å². The van der Waals surface area contributed by atoms with Crippen molar-refractivity contribution in [3.8, 4) is 17.3 Å². The Labute approximate surface area is 284 Å². The molecule has 0 spiro atoms. The first-order valence-electron chi connectivity index (χ1n) is 17.1. The predicted molar refractivity (Wildman–Crippen MR) is 186 cm³/mol. The second-order valence-electron chi connectivity index (χ2n) is 14.3.